The molecule has 0 aliphatic heterocycles. The fourth-order valence-electron chi connectivity index (χ4n) is 2.12. The van der Waals surface area contributed by atoms with Gasteiger partial charge >= 0.3 is 0 Å². The molecule has 90 valence electrons. The van der Waals surface area contributed by atoms with E-state index in [1.807, 2.05) is 44.3 Å². The molecule has 3 rings (SSSR count). The van der Waals surface area contributed by atoms with Crippen LogP contribution in [0, 0.1) is 13.8 Å². The zero-order valence-corrected chi connectivity index (χ0v) is 11.1. The Morgan fingerprint density at radius 3 is 2.72 bits per heavy atom. The predicted octanol–water partition coefficient (Wildman–Crippen LogP) is 4.08. The van der Waals surface area contributed by atoms with E-state index in [0.717, 1.165) is 26.2 Å². The van der Waals surface area contributed by atoms with Crippen LogP contribution in [0.2, 0.25) is 0 Å². The number of hydrogen-bond acceptors (Lipinski definition) is 2. The molecular formula is C15H13NOS. The second-order valence-electron chi connectivity index (χ2n) is 4.49. The highest BCUT2D eigenvalue weighted by Crippen LogP contribution is 2.25. The van der Waals surface area contributed by atoms with Crippen molar-refractivity contribution in [3.8, 4) is 0 Å². The second kappa shape index (κ2) is 4.10. The molecule has 0 amide bonds. The van der Waals surface area contributed by atoms with Crippen LogP contribution in [0.1, 0.15) is 25.7 Å². The monoisotopic (exact) mass is 255 g/mol. The van der Waals surface area contributed by atoms with E-state index in [4.69, 9.17) is 0 Å². The average Bonchev–Trinajstić information content (AvgIpc) is 2.94. The van der Waals surface area contributed by atoms with Gasteiger partial charge in [-0.05, 0) is 37.6 Å². The molecule has 2 heterocycles. The minimum atomic E-state index is 0.100. The molecule has 0 aliphatic carbocycles. The zero-order valence-electron chi connectivity index (χ0n) is 10.3. The number of nitrogens with one attached hydrogen (secondary N) is 1. The Hall–Kier alpha value is -1.87. The maximum Gasteiger partial charge on any atom is 0.205 e. The van der Waals surface area contributed by atoms with E-state index in [0.29, 0.717) is 0 Å². The van der Waals surface area contributed by atoms with Crippen LogP contribution in [0.5, 0.6) is 0 Å². The lowest BCUT2D eigenvalue weighted by Crippen LogP contribution is -1.96. The van der Waals surface area contributed by atoms with E-state index in [-0.39, 0.29) is 5.78 Å². The minimum Gasteiger partial charge on any atom is -0.360 e. The lowest BCUT2D eigenvalue weighted by atomic mass is 10.1. The topological polar surface area (TPSA) is 32.9 Å². The maximum atomic E-state index is 12.4. The fourth-order valence-corrected chi connectivity index (χ4v) is 2.94. The Bertz CT molecular complexity index is 736. The first-order chi connectivity index (χ1) is 8.65. The Kier molecular flexibility index (Phi) is 2.56. The van der Waals surface area contributed by atoms with E-state index in [1.165, 1.54) is 5.56 Å². The first-order valence-electron chi connectivity index (χ1n) is 5.84. The van der Waals surface area contributed by atoms with Crippen LogP contribution in [-0.4, -0.2) is 10.8 Å². The summed E-state index contributed by atoms with van der Waals surface area (Å²) in [6.07, 6.45) is 1.81. The molecule has 0 saturated carbocycles. The van der Waals surface area contributed by atoms with Crippen molar-refractivity contribution in [1.82, 2.24) is 4.98 Å². The Morgan fingerprint density at radius 2 is 2.00 bits per heavy atom. The summed E-state index contributed by atoms with van der Waals surface area (Å²) >= 11 is 1.54. The van der Waals surface area contributed by atoms with Crippen LogP contribution >= 0.6 is 11.3 Å². The normalized spacial score (nSPS) is 11.0. The third kappa shape index (κ3) is 1.77. The van der Waals surface area contributed by atoms with Crippen molar-refractivity contribution in [2.75, 3.05) is 0 Å². The SMILES string of the molecule is Cc1ccc2c(C(=O)c3ccc(C)s3)c[nH]c2c1. The van der Waals surface area contributed by atoms with Gasteiger partial charge in [-0.3, -0.25) is 4.79 Å². The molecule has 3 aromatic rings. The van der Waals surface area contributed by atoms with E-state index in [1.54, 1.807) is 11.3 Å². The number of ketones is 1. The molecule has 18 heavy (non-hydrogen) atoms. The number of carbonyl (C=O) groups is 1. The van der Waals surface area contributed by atoms with Gasteiger partial charge in [0.15, 0.2) is 0 Å². The van der Waals surface area contributed by atoms with Gasteiger partial charge in [0.1, 0.15) is 0 Å². The first-order valence-corrected chi connectivity index (χ1v) is 6.65. The smallest absolute Gasteiger partial charge is 0.205 e. The number of aromatic amines is 1. The predicted molar refractivity (Wildman–Crippen MR) is 75.5 cm³/mol. The van der Waals surface area contributed by atoms with E-state index in [2.05, 4.69) is 11.1 Å². The number of rotatable bonds is 2. The average molecular weight is 255 g/mol. The van der Waals surface area contributed by atoms with Gasteiger partial charge in [0.2, 0.25) is 5.78 Å². The molecule has 0 spiro atoms. The summed E-state index contributed by atoms with van der Waals surface area (Å²) in [5.41, 5.74) is 2.97. The number of aromatic nitrogens is 1. The Balaban J connectivity index is 2.12. The Labute approximate surface area is 109 Å². The molecular weight excluding hydrogens is 242 g/mol. The van der Waals surface area contributed by atoms with Crippen LogP contribution in [0.25, 0.3) is 10.9 Å². The van der Waals surface area contributed by atoms with Crippen molar-refractivity contribution in [3.05, 3.63) is 57.4 Å². The molecule has 0 bridgehead atoms. The molecule has 2 nitrogen and oxygen atoms in total. The summed E-state index contributed by atoms with van der Waals surface area (Å²) in [6, 6.07) is 9.99. The molecule has 1 N–H and O–H groups in total. The van der Waals surface area contributed by atoms with Crippen LogP contribution < -0.4 is 0 Å². The lowest BCUT2D eigenvalue weighted by molar-refractivity contribution is 0.104. The van der Waals surface area contributed by atoms with Crippen LogP contribution in [0.15, 0.2) is 36.5 Å². The molecule has 0 saturated heterocycles. The summed E-state index contributed by atoms with van der Waals surface area (Å²) < 4.78 is 0. The van der Waals surface area contributed by atoms with E-state index < -0.39 is 0 Å². The molecule has 1 aromatic carbocycles. The van der Waals surface area contributed by atoms with Gasteiger partial charge in [-0.2, -0.15) is 0 Å². The molecule has 0 radical (unpaired) electrons. The van der Waals surface area contributed by atoms with Gasteiger partial charge in [0.05, 0.1) is 4.88 Å². The summed E-state index contributed by atoms with van der Waals surface area (Å²) in [5, 5.41) is 0.997. The second-order valence-corrected chi connectivity index (χ2v) is 5.78. The largest absolute Gasteiger partial charge is 0.360 e. The van der Waals surface area contributed by atoms with Crippen LogP contribution in [0.4, 0.5) is 0 Å². The van der Waals surface area contributed by atoms with Crippen molar-refractivity contribution in [2.24, 2.45) is 0 Å². The van der Waals surface area contributed by atoms with Gasteiger partial charge in [0, 0.05) is 27.5 Å². The van der Waals surface area contributed by atoms with Crippen molar-refractivity contribution in [1.29, 1.82) is 0 Å². The number of benzene rings is 1. The highest BCUT2D eigenvalue weighted by Gasteiger charge is 2.15. The number of H-pyrrole nitrogens is 1. The summed E-state index contributed by atoms with van der Waals surface area (Å²) in [4.78, 5) is 17.5. The van der Waals surface area contributed by atoms with Crippen molar-refractivity contribution >= 4 is 28.0 Å². The van der Waals surface area contributed by atoms with Crippen molar-refractivity contribution in [2.45, 2.75) is 13.8 Å². The Morgan fingerprint density at radius 1 is 1.17 bits per heavy atom. The van der Waals surface area contributed by atoms with Gasteiger partial charge < -0.3 is 4.98 Å². The summed E-state index contributed by atoms with van der Waals surface area (Å²) in [6.45, 7) is 4.06. The third-order valence-corrected chi connectivity index (χ3v) is 4.05. The maximum absolute atomic E-state index is 12.4. The van der Waals surface area contributed by atoms with E-state index in [9.17, 15) is 4.79 Å². The number of aryl methyl sites for hydroxylation is 2. The molecule has 0 atom stereocenters. The van der Waals surface area contributed by atoms with Gasteiger partial charge in [-0.25, -0.2) is 0 Å². The summed E-state index contributed by atoms with van der Waals surface area (Å²) in [5.74, 6) is 0.100. The molecule has 0 unspecified atom stereocenters. The highest BCUT2D eigenvalue weighted by molar-refractivity contribution is 7.14. The van der Waals surface area contributed by atoms with Crippen LogP contribution in [0.3, 0.4) is 0 Å². The third-order valence-electron chi connectivity index (χ3n) is 3.05. The summed E-state index contributed by atoms with van der Waals surface area (Å²) in [7, 11) is 0. The van der Waals surface area contributed by atoms with Gasteiger partial charge in [0.25, 0.3) is 0 Å². The number of thiophene rings is 1. The quantitative estimate of drug-likeness (QED) is 0.688. The van der Waals surface area contributed by atoms with Gasteiger partial charge in [-0.15, -0.1) is 11.3 Å². The van der Waals surface area contributed by atoms with Crippen molar-refractivity contribution in [3.63, 3.8) is 0 Å². The highest BCUT2D eigenvalue weighted by atomic mass is 32.1. The minimum absolute atomic E-state index is 0.100. The van der Waals surface area contributed by atoms with E-state index >= 15 is 0 Å². The standard InChI is InChI=1S/C15H13NOS/c1-9-3-5-11-12(8-16-13(11)7-9)15(17)14-6-4-10(2)18-14/h3-8,16H,1-2H3. The molecule has 2 aromatic heterocycles. The van der Waals surface area contributed by atoms with Crippen LogP contribution in [-0.2, 0) is 0 Å². The van der Waals surface area contributed by atoms with Gasteiger partial charge in [-0.1, -0.05) is 12.1 Å². The number of fused-ring (bicyclic) bond motifs is 1. The fraction of sp³-hybridized carbons (Fsp3) is 0.133. The first kappa shape index (κ1) is 11.2. The zero-order chi connectivity index (χ0) is 12.7. The molecule has 0 fully saturated rings. The lowest BCUT2D eigenvalue weighted by Gasteiger charge is -1.97. The number of carbonyl (C=O) groups excluding carboxylic acids is 1. The van der Waals surface area contributed by atoms with Crippen molar-refractivity contribution < 1.29 is 4.79 Å². The molecule has 3 heteroatoms. The molecule has 0 aliphatic rings. The number of hydrogen-bond donors (Lipinski definition) is 1.